The molecule has 0 unspecified atom stereocenters. The summed E-state index contributed by atoms with van der Waals surface area (Å²) in [5.74, 6) is 0. The third-order valence-electron chi connectivity index (χ3n) is 9.88. The number of furan rings is 1. The quantitative estimate of drug-likeness (QED) is 0.184. The van der Waals surface area contributed by atoms with Crippen molar-refractivity contribution in [3.05, 3.63) is 168 Å². The van der Waals surface area contributed by atoms with Crippen molar-refractivity contribution in [3.63, 3.8) is 0 Å². The Kier molecular flexibility index (Phi) is 5.27. The van der Waals surface area contributed by atoms with E-state index in [2.05, 4.69) is 152 Å². The van der Waals surface area contributed by atoms with Gasteiger partial charge in [-0.1, -0.05) is 116 Å². The van der Waals surface area contributed by atoms with E-state index in [9.17, 15) is 0 Å². The minimum Gasteiger partial charge on any atom is -0.455 e. The zero-order chi connectivity index (χ0) is 30.4. The Morgan fingerprint density at radius 1 is 0.543 bits per heavy atom. The second-order valence-corrected chi connectivity index (χ2v) is 12.7. The van der Waals surface area contributed by atoms with Crippen LogP contribution in [0.3, 0.4) is 0 Å². The molecule has 0 atom stereocenters. The molecule has 46 heavy (non-hydrogen) atoms. The molecule has 0 saturated carbocycles. The third kappa shape index (κ3) is 3.82. The lowest BCUT2D eigenvalue weighted by atomic mass is 9.86. The SMILES string of the molecule is C=C1C=CC=C2C=Cc3cc(-c4ccc5oc6c(-c7cc8ccc9cccc%10ccc(c7)c8c9%10)cccc6c5c4)cc(c3C2)C=C1. The summed E-state index contributed by atoms with van der Waals surface area (Å²) in [7, 11) is 0. The summed E-state index contributed by atoms with van der Waals surface area (Å²) in [6, 6.07) is 38.0. The Bertz CT molecular complexity index is 2660. The average Bonchev–Trinajstić information content (AvgIpc) is 3.47. The Morgan fingerprint density at radius 3 is 2.07 bits per heavy atom. The first kappa shape index (κ1) is 25.4. The molecule has 8 aromatic rings. The first-order valence-electron chi connectivity index (χ1n) is 15.9. The van der Waals surface area contributed by atoms with Gasteiger partial charge in [-0.2, -0.15) is 0 Å². The maximum absolute atomic E-state index is 6.64. The Hall–Kier alpha value is -5.92. The van der Waals surface area contributed by atoms with E-state index < -0.39 is 0 Å². The van der Waals surface area contributed by atoms with Crippen LogP contribution >= 0.6 is 0 Å². The van der Waals surface area contributed by atoms with Crippen LogP contribution in [0.4, 0.5) is 0 Å². The fourth-order valence-electron chi connectivity index (χ4n) is 7.62. The fourth-order valence-corrected chi connectivity index (χ4v) is 7.62. The van der Waals surface area contributed by atoms with Gasteiger partial charge in [0, 0.05) is 16.3 Å². The van der Waals surface area contributed by atoms with Crippen LogP contribution in [-0.2, 0) is 6.42 Å². The molecule has 2 aliphatic carbocycles. The van der Waals surface area contributed by atoms with Crippen LogP contribution in [0, 0.1) is 0 Å². The molecule has 0 fully saturated rings. The summed E-state index contributed by atoms with van der Waals surface area (Å²) in [4.78, 5) is 0. The highest BCUT2D eigenvalue weighted by Gasteiger charge is 2.18. The highest BCUT2D eigenvalue weighted by atomic mass is 16.3. The lowest BCUT2D eigenvalue weighted by Crippen LogP contribution is -2.01. The zero-order valence-corrected chi connectivity index (χ0v) is 25.2. The van der Waals surface area contributed by atoms with Gasteiger partial charge in [-0.15, -0.1) is 0 Å². The molecule has 0 radical (unpaired) electrons. The Labute approximate surface area is 266 Å². The van der Waals surface area contributed by atoms with E-state index in [4.69, 9.17) is 4.42 Å². The molecule has 0 amide bonds. The van der Waals surface area contributed by atoms with E-state index >= 15 is 0 Å². The lowest BCUT2D eigenvalue weighted by molar-refractivity contribution is 0.670. The van der Waals surface area contributed by atoms with Crippen LogP contribution in [-0.4, -0.2) is 0 Å². The van der Waals surface area contributed by atoms with Crippen molar-refractivity contribution < 1.29 is 4.42 Å². The molecular formula is C45H28O. The van der Waals surface area contributed by atoms with Gasteiger partial charge in [0.25, 0.3) is 0 Å². The predicted octanol–water partition coefficient (Wildman–Crippen LogP) is 12.5. The van der Waals surface area contributed by atoms with Crippen LogP contribution in [0.25, 0.3) is 88.7 Å². The lowest BCUT2D eigenvalue weighted by Gasteiger charge is -2.18. The van der Waals surface area contributed by atoms with Gasteiger partial charge in [-0.05, 0) is 120 Å². The highest BCUT2D eigenvalue weighted by molar-refractivity contribution is 6.24. The van der Waals surface area contributed by atoms with E-state index in [-0.39, 0.29) is 0 Å². The molecule has 1 heterocycles. The molecule has 214 valence electrons. The van der Waals surface area contributed by atoms with E-state index in [1.807, 2.05) is 0 Å². The molecule has 1 heteroatoms. The van der Waals surface area contributed by atoms with Crippen LogP contribution in [0.2, 0.25) is 0 Å². The second-order valence-electron chi connectivity index (χ2n) is 12.7. The summed E-state index contributed by atoms with van der Waals surface area (Å²) < 4.78 is 6.64. The molecule has 0 spiro atoms. The molecule has 0 saturated heterocycles. The highest BCUT2D eigenvalue weighted by Crippen LogP contribution is 2.42. The molecule has 0 N–H and O–H groups in total. The van der Waals surface area contributed by atoms with Gasteiger partial charge in [-0.3, -0.25) is 0 Å². The molecular weight excluding hydrogens is 556 g/mol. The first-order valence-corrected chi connectivity index (χ1v) is 15.9. The Morgan fingerprint density at radius 2 is 1.26 bits per heavy atom. The predicted molar refractivity (Wildman–Crippen MR) is 196 cm³/mol. The van der Waals surface area contributed by atoms with Gasteiger partial charge in [0.2, 0.25) is 0 Å². The minimum atomic E-state index is 0.904. The van der Waals surface area contributed by atoms with E-state index in [1.54, 1.807) is 0 Å². The maximum Gasteiger partial charge on any atom is 0.143 e. The largest absolute Gasteiger partial charge is 0.455 e. The van der Waals surface area contributed by atoms with Crippen molar-refractivity contribution >= 4 is 66.4 Å². The number of hydrogen-bond acceptors (Lipinski definition) is 1. The summed E-state index contributed by atoms with van der Waals surface area (Å²) in [5.41, 5.74) is 12.7. The van der Waals surface area contributed by atoms with Gasteiger partial charge < -0.3 is 4.42 Å². The van der Waals surface area contributed by atoms with Gasteiger partial charge >= 0.3 is 0 Å². The molecule has 1 nitrogen and oxygen atoms in total. The number of fused-ring (bicyclic) bond motifs is 4. The molecule has 0 aliphatic heterocycles. The zero-order valence-electron chi connectivity index (χ0n) is 25.2. The van der Waals surface area contributed by atoms with Crippen molar-refractivity contribution in [2.75, 3.05) is 0 Å². The van der Waals surface area contributed by atoms with E-state index in [0.29, 0.717) is 0 Å². The van der Waals surface area contributed by atoms with Gasteiger partial charge in [0.05, 0.1) is 0 Å². The van der Waals surface area contributed by atoms with Gasteiger partial charge in [0.1, 0.15) is 11.2 Å². The van der Waals surface area contributed by atoms with Crippen molar-refractivity contribution in [2.24, 2.45) is 0 Å². The van der Waals surface area contributed by atoms with Crippen molar-refractivity contribution in [3.8, 4) is 22.3 Å². The summed E-state index contributed by atoms with van der Waals surface area (Å²) in [5, 5.41) is 10.0. The monoisotopic (exact) mass is 584 g/mol. The molecule has 10 rings (SSSR count). The van der Waals surface area contributed by atoms with E-state index in [1.165, 1.54) is 71.3 Å². The number of rotatable bonds is 2. The molecule has 2 aliphatic rings. The fraction of sp³-hybridized carbons (Fsp3) is 0.0222. The van der Waals surface area contributed by atoms with E-state index in [0.717, 1.165) is 39.5 Å². The number of allylic oxidation sites excluding steroid dienone is 7. The van der Waals surface area contributed by atoms with Crippen LogP contribution in [0.15, 0.2) is 156 Å². The standard InChI is InChI=1S/C45H28O/c1-27-5-2-6-28-12-14-33-23-36(22-32(13-11-27)40(33)21-28)31-19-20-42-41(26-31)39-10-4-9-38(45(39)46-42)37-24-34-17-15-29-7-3-8-30-16-18-35(25-37)44(34)43(29)30/h2-20,22-26H,1,21H2. The molecule has 2 bridgehead atoms. The number of hydrogen-bond donors (Lipinski definition) is 0. The third-order valence-corrected chi connectivity index (χ3v) is 9.88. The maximum atomic E-state index is 6.64. The summed E-state index contributed by atoms with van der Waals surface area (Å²) in [6.45, 7) is 4.20. The summed E-state index contributed by atoms with van der Waals surface area (Å²) in [6.07, 6.45) is 16.1. The number of benzene rings is 7. The topological polar surface area (TPSA) is 13.1 Å². The Balaban J connectivity index is 1.13. The first-order chi connectivity index (χ1) is 22.7. The van der Waals surface area contributed by atoms with Crippen LogP contribution in [0.5, 0.6) is 0 Å². The van der Waals surface area contributed by atoms with Gasteiger partial charge in [0.15, 0.2) is 0 Å². The normalized spacial score (nSPS) is 14.3. The smallest absolute Gasteiger partial charge is 0.143 e. The van der Waals surface area contributed by atoms with Crippen molar-refractivity contribution in [1.82, 2.24) is 0 Å². The van der Waals surface area contributed by atoms with Crippen LogP contribution < -0.4 is 0 Å². The molecule has 7 aromatic carbocycles. The average molecular weight is 585 g/mol. The van der Waals surface area contributed by atoms with Crippen LogP contribution in [0.1, 0.15) is 16.7 Å². The minimum absolute atomic E-state index is 0.904. The van der Waals surface area contributed by atoms with Gasteiger partial charge in [-0.25, -0.2) is 0 Å². The second kappa shape index (κ2) is 9.54. The number of para-hydroxylation sites is 1. The van der Waals surface area contributed by atoms with Crippen molar-refractivity contribution in [1.29, 1.82) is 0 Å². The molecule has 1 aromatic heterocycles. The summed E-state index contributed by atoms with van der Waals surface area (Å²) >= 11 is 0. The van der Waals surface area contributed by atoms with Crippen molar-refractivity contribution in [2.45, 2.75) is 6.42 Å².